The number of unbranched alkanes of at least 4 members (excludes halogenated alkanes) is 27. The molecule has 280 valence electrons. The lowest BCUT2D eigenvalue weighted by Gasteiger charge is -2.18. The van der Waals surface area contributed by atoms with Gasteiger partial charge < -0.3 is 14.2 Å². The van der Waals surface area contributed by atoms with Gasteiger partial charge in [0.1, 0.15) is 0 Å². The molecule has 1 aromatic rings. The van der Waals surface area contributed by atoms with Crippen LogP contribution in [0.15, 0.2) is 12.1 Å². The Morgan fingerprint density at radius 2 is 0.667 bits per heavy atom. The molecule has 0 aliphatic heterocycles. The zero-order chi connectivity index (χ0) is 34.8. The molecule has 0 spiro atoms. The van der Waals surface area contributed by atoms with Crippen LogP contribution in [0.3, 0.4) is 0 Å². The summed E-state index contributed by atoms with van der Waals surface area (Å²) in [5, 5.41) is -0.496. The van der Waals surface area contributed by atoms with Crippen LogP contribution in [0.4, 0.5) is 0 Å². The Kier molecular flexibility index (Phi) is 31.6. The number of carbonyl (C=O) groups is 1. The van der Waals surface area contributed by atoms with Gasteiger partial charge in [-0.15, -0.1) is 0 Å². The Morgan fingerprint density at radius 1 is 0.417 bits per heavy atom. The Hall–Kier alpha value is -1.42. The highest BCUT2D eigenvalue weighted by atomic mass is 35.5. The first-order valence-corrected chi connectivity index (χ1v) is 21.3. The van der Waals surface area contributed by atoms with Crippen LogP contribution in [-0.2, 0) is 0 Å². The van der Waals surface area contributed by atoms with Gasteiger partial charge in [0, 0.05) is 5.56 Å². The van der Waals surface area contributed by atoms with Crippen LogP contribution >= 0.6 is 11.6 Å². The fourth-order valence-electron chi connectivity index (χ4n) is 6.35. The molecule has 0 saturated heterocycles. The number of benzene rings is 1. The quantitative estimate of drug-likeness (QED) is 0.0514. The van der Waals surface area contributed by atoms with E-state index in [4.69, 9.17) is 25.8 Å². The first kappa shape index (κ1) is 44.6. The van der Waals surface area contributed by atoms with Gasteiger partial charge in [-0.25, -0.2) is 0 Å². The van der Waals surface area contributed by atoms with Crippen molar-refractivity contribution in [3.8, 4) is 17.2 Å². The summed E-state index contributed by atoms with van der Waals surface area (Å²) < 4.78 is 18.9. The lowest BCUT2D eigenvalue weighted by atomic mass is 10.1. The zero-order valence-corrected chi connectivity index (χ0v) is 32.8. The summed E-state index contributed by atoms with van der Waals surface area (Å²) in [7, 11) is 0. The molecule has 1 aromatic carbocycles. The molecule has 48 heavy (non-hydrogen) atoms. The summed E-state index contributed by atoms with van der Waals surface area (Å²) in [6.07, 6.45) is 38.5. The number of rotatable bonds is 37. The van der Waals surface area contributed by atoms with Gasteiger partial charge in [0.25, 0.3) is 5.24 Å². The van der Waals surface area contributed by atoms with E-state index in [1.807, 2.05) is 0 Å². The molecule has 0 aliphatic rings. The van der Waals surface area contributed by atoms with Gasteiger partial charge >= 0.3 is 0 Å². The van der Waals surface area contributed by atoms with Gasteiger partial charge in [-0.2, -0.15) is 0 Å². The van der Waals surface area contributed by atoms with E-state index in [0.717, 1.165) is 38.5 Å². The lowest BCUT2D eigenvalue weighted by Crippen LogP contribution is -2.07. The summed E-state index contributed by atoms with van der Waals surface area (Å²) in [6, 6.07) is 3.49. The highest BCUT2D eigenvalue weighted by molar-refractivity contribution is 6.67. The van der Waals surface area contributed by atoms with E-state index < -0.39 is 5.24 Å². The summed E-state index contributed by atoms with van der Waals surface area (Å²) in [5.74, 6) is 1.80. The van der Waals surface area contributed by atoms with Crippen LogP contribution < -0.4 is 14.2 Å². The maximum absolute atomic E-state index is 12.3. The third kappa shape index (κ3) is 25.5. The van der Waals surface area contributed by atoms with E-state index in [1.165, 1.54) is 154 Å². The van der Waals surface area contributed by atoms with Crippen molar-refractivity contribution in [3.05, 3.63) is 17.7 Å². The van der Waals surface area contributed by atoms with Crippen molar-refractivity contribution in [3.63, 3.8) is 0 Å². The van der Waals surface area contributed by atoms with Crippen LogP contribution in [0.1, 0.15) is 224 Å². The van der Waals surface area contributed by atoms with Crippen molar-refractivity contribution in [2.24, 2.45) is 0 Å². The van der Waals surface area contributed by atoms with Crippen molar-refractivity contribution in [2.45, 2.75) is 213 Å². The molecule has 0 amide bonds. The lowest BCUT2D eigenvalue weighted by molar-refractivity contribution is 0.108. The average molecular weight is 694 g/mol. The van der Waals surface area contributed by atoms with Gasteiger partial charge in [0.2, 0.25) is 5.75 Å². The number of hydrogen-bond acceptors (Lipinski definition) is 4. The standard InChI is InChI=1S/C43H77ClO4/c1-4-7-10-13-16-19-22-25-28-31-34-46-40-37-39(43(44)45)38-41(47-35-32-29-26-23-20-17-14-11-8-5-2)42(40)48-36-33-30-27-24-21-18-15-12-9-6-3/h37-38H,4-36H2,1-3H3. The van der Waals surface area contributed by atoms with E-state index in [9.17, 15) is 4.79 Å². The van der Waals surface area contributed by atoms with Crippen molar-refractivity contribution in [1.82, 2.24) is 0 Å². The first-order chi connectivity index (χ1) is 23.6. The molecule has 0 aliphatic carbocycles. The smallest absolute Gasteiger partial charge is 0.252 e. The number of hydrogen-bond donors (Lipinski definition) is 0. The molecule has 1 rings (SSSR count). The predicted molar refractivity (Wildman–Crippen MR) is 209 cm³/mol. The van der Waals surface area contributed by atoms with Gasteiger partial charge in [-0.1, -0.05) is 194 Å². The van der Waals surface area contributed by atoms with Crippen molar-refractivity contribution in [2.75, 3.05) is 19.8 Å². The Balaban J connectivity index is 2.61. The molecule has 5 heteroatoms. The fourth-order valence-corrected chi connectivity index (χ4v) is 6.46. The monoisotopic (exact) mass is 693 g/mol. The fraction of sp³-hybridized carbons (Fsp3) is 0.837. The molecular weight excluding hydrogens is 616 g/mol. The van der Waals surface area contributed by atoms with E-state index in [0.29, 0.717) is 42.6 Å². The molecular formula is C43H77ClO4. The van der Waals surface area contributed by atoms with Gasteiger partial charge in [0.15, 0.2) is 11.5 Å². The topological polar surface area (TPSA) is 44.8 Å². The third-order valence-electron chi connectivity index (χ3n) is 9.50. The second-order valence-corrected chi connectivity index (χ2v) is 14.5. The van der Waals surface area contributed by atoms with E-state index >= 15 is 0 Å². The molecule has 0 unspecified atom stereocenters. The Bertz CT molecular complexity index is 810. The molecule has 0 radical (unpaired) electrons. The highest BCUT2D eigenvalue weighted by Crippen LogP contribution is 2.40. The van der Waals surface area contributed by atoms with Crippen LogP contribution in [0.25, 0.3) is 0 Å². The van der Waals surface area contributed by atoms with Crippen LogP contribution in [0.5, 0.6) is 17.2 Å². The normalized spacial score (nSPS) is 11.2. The molecule has 0 atom stereocenters. The minimum absolute atomic E-state index is 0.402. The van der Waals surface area contributed by atoms with Crippen LogP contribution in [-0.4, -0.2) is 25.1 Å². The predicted octanol–water partition coefficient (Wildman–Crippen LogP) is 15.0. The summed E-state index contributed by atoms with van der Waals surface area (Å²) in [5.41, 5.74) is 0.402. The second-order valence-electron chi connectivity index (χ2n) is 14.2. The highest BCUT2D eigenvalue weighted by Gasteiger charge is 2.18. The third-order valence-corrected chi connectivity index (χ3v) is 9.72. The van der Waals surface area contributed by atoms with Crippen LogP contribution in [0.2, 0.25) is 0 Å². The Morgan fingerprint density at radius 3 is 0.938 bits per heavy atom. The maximum atomic E-state index is 12.3. The molecule has 0 fully saturated rings. The second kappa shape index (κ2) is 34.0. The summed E-state index contributed by atoms with van der Waals surface area (Å²) in [4.78, 5) is 12.3. The van der Waals surface area contributed by atoms with Gasteiger partial charge in [-0.3, -0.25) is 4.79 Å². The number of carbonyl (C=O) groups excluding carboxylic acids is 1. The molecule has 0 saturated carbocycles. The molecule has 0 heterocycles. The minimum atomic E-state index is -0.496. The maximum Gasteiger partial charge on any atom is 0.252 e. The van der Waals surface area contributed by atoms with Crippen molar-refractivity contribution in [1.29, 1.82) is 0 Å². The molecule has 4 nitrogen and oxygen atoms in total. The van der Waals surface area contributed by atoms with Gasteiger partial charge in [-0.05, 0) is 43.0 Å². The zero-order valence-electron chi connectivity index (χ0n) is 32.0. The number of halogens is 1. The minimum Gasteiger partial charge on any atom is -0.490 e. The largest absolute Gasteiger partial charge is 0.490 e. The number of ether oxygens (including phenoxy) is 3. The average Bonchev–Trinajstić information content (AvgIpc) is 3.08. The van der Waals surface area contributed by atoms with Crippen LogP contribution in [0, 0.1) is 0 Å². The SMILES string of the molecule is CCCCCCCCCCCCOc1cc(C(=O)Cl)cc(OCCCCCCCCCCCC)c1OCCCCCCCCCCCC. The van der Waals surface area contributed by atoms with E-state index in [2.05, 4.69) is 20.8 Å². The summed E-state index contributed by atoms with van der Waals surface area (Å²) >= 11 is 5.98. The van der Waals surface area contributed by atoms with E-state index in [-0.39, 0.29) is 0 Å². The summed E-state index contributed by atoms with van der Waals surface area (Å²) in [6.45, 7) is 8.63. The first-order valence-electron chi connectivity index (χ1n) is 20.9. The Labute approximate surface area is 303 Å². The molecule has 0 bridgehead atoms. The molecule has 0 N–H and O–H groups in total. The van der Waals surface area contributed by atoms with E-state index in [1.54, 1.807) is 12.1 Å². The molecule has 0 aromatic heterocycles. The van der Waals surface area contributed by atoms with Crippen molar-refractivity contribution < 1.29 is 19.0 Å². The van der Waals surface area contributed by atoms with Gasteiger partial charge in [0.05, 0.1) is 19.8 Å². The van der Waals surface area contributed by atoms with Crippen molar-refractivity contribution >= 4 is 16.8 Å².